The highest BCUT2D eigenvalue weighted by atomic mass is 16.4. The Kier molecular flexibility index (Phi) is 5.92. The van der Waals surface area contributed by atoms with E-state index in [0.717, 1.165) is 11.4 Å². The number of aryl methyl sites for hydroxylation is 1. The smallest absolute Gasteiger partial charge is 0.328 e. The molecule has 20 heavy (non-hydrogen) atoms. The van der Waals surface area contributed by atoms with E-state index in [2.05, 4.69) is 10.3 Å². The van der Waals surface area contributed by atoms with Crippen LogP contribution in [0, 0.1) is 6.92 Å². The predicted molar refractivity (Wildman–Crippen MR) is 72.1 cm³/mol. The van der Waals surface area contributed by atoms with Crippen molar-refractivity contribution in [1.29, 1.82) is 0 Å². The van der Waals surface area contributed by atoms with Crippen molar-refractivity contribution in [1.82, 2.24) is 15.2 Å². The Balaban J connectivity index is 2.70. The number of carboxylic acids is 1. The molecule has 0 bridgehead atoms. The zero-order chi connectivity index (χ0) is 15.1. The van der Waals surface area contributed by atoms with Crippen LogP contribution >= 0.6 is 0 Å². The van der Waals surface area contributed by atoms with E-state index in [1.165, 1.54) is 4.90 Å². The summed E-state index contributed by atoms with van der Waals surface area (Å²) >= 11 is 0. The van der Waals surface area contributed by atoms with Gasteiger partial charge in [0.1, 0.15) is 0 Å². The van der Waals surface area contributed by atoms with E-state index in [9.17, 15) is 9.59 Å². The van der Waals surface area contributed by atoms with Gasteiger partial charge in [0.05, 0.1) is 18.8 Å². The van der Waals surface area contributed by atoms with Crippen molar-refractivity contribution in [2.24, 2.45) is 0 Å². The van der Waals surface area contributed by atoms with Crippen molar-refractivity contribution >= 4 is 12.0 Å². The Hall–Kier alpha value is -2.15. The average Bonchev–Trinajstić information content (AvgIpc) is 2.41. The second kappa shape index (κ2) is 7.44. The zero-order valence-corrected chi connectivity index (χ0v) is 11.5. The number of urea groups is 1. The molecule has 0 fully saturated rings. The van der Waals surface area contributed by atoms with E-state index in [1.54, 1.807) is 13.0 Å². The van der Waals surface area contributed by atoms with E-state index >= 15 is 0 Å². The summed E-state index contributed by atoms with van der Waals surface area (Å²) in [5.41, 5.74) is 1.57. The van der Waals surface area contributed by atoms with Gasteiger partial charge < -0.3 is 20.4 Å². The summed E-state index contributed by atoms with van der Waals surface area (Å²) in [5, 5.41) is 20.0. The van der Waals surface area contributed by atoms with E-state index < -0.39 is 24.6 Å². The first-order valence-corrected chi connectivity index (χ1v) is 6.29. The number of rotatable bonds is 6. The Bertz CT molecular complexity index is 478. The number of pyridine rings is 1. The van der Waals surface area contributed by atoms with Gasteiger partial charge in [-0.15, -0.1) is 0 Å². The Labute approximate surface area is 117 Å². The van der Waals surface area contributed by atoms with E-state index in [-0.39, 0.29) is 6.54 Å². The highest BCUT2D eigenvalue weighted by Crippen LogP contribution is 2.04. The summed E-state index contributed by atoms with van der Waals surface area (Å²) in [7, 11) is 0. The predicted octanol–water partition coefficient (Wildman–Crippen LogP) is 0.367. The molecule has 1 atom stereocenters. The summed E-state index contributed by atoms with van der Waals surface area (Å²) < 4.78 is 0. The third-order valence-corrected chi connectivity index (χ3v) is 2.75. The molecule has 3 N–H and O–H groups in total. The molecule has 0 saturated heterocycles. The van der Waals surface area contributed by atoms with Gasteiger partial charge in [0.2, 0.25) is 0 Å². The maximum Gasteiger partial charge on any atom is 0.328 e. The number of nitrogens with zero attached hydrogens (tertiary/aromatic N) is 2. The van der Waals surface area contributed by atoms with Crippen molar-refractivity contribution in [2.75, 3.05) is 13.2 Å². The van der Waals surface area contributed by atoms with Gasteiger partial charge in [-0.05, 0) is 26.0 Å². The fourth-order valence-electron chi connectivity index (χ4n) is 1.64. The van der Waals surface area contributed by atoms with Crippen molar-refractivity contribution in [3.8, 4) is 0 Å². The van der Waals surface area contributed by atoms with Gasteiger partial charge >= 0.3 is 12.0 Å². The molecular weight excluding hydrogens is 262 g/mol. The SMILES string of the molecule is CCN(Cc1cccc(C)n1)C(=O)N[C@@H](CO)C(=O)O. The molecule has 0 saturated carbocycles. The largest absolute Gasteiger partial charge is 0.480 e. The van der Waals surface area contributed by atoms with Crippen LogP contribution in [0.2, 0.25) is 0 Å². The number of aliphatic carboxylic acids is 1. The average molecular weight is 281 g/mol. The molecule has 1 aromatic rings. The van der Waals surface area contributed by atoms with Crippen LogP contribution in [0.4, 0.5) is 4.79 Å². The number of hydrogen-bond donors (Lipinski definition) is 3. The molecule has 1 aromatic heterocycles. The van der Waals surface area contributed by atoms with Crippen molar-refractivity contribution in [3.63, 3.8) is 0 Å². The maximum absolute atomic E-state index is 11.9. The Morgan fingerprint density at radius 1 is 1.45 bits per heavy atom. The van der Waals surface area contributed by atoms with Crippen molar-refractivity contribution in [2.45, 2.75) is 26.4 Å². The number of carboxylic acid groups (broad SMARTS) is 1. The van der Waals surface area contributed by atoms with E-state index in [0.29, 0.717) is 6.54 Å². The van der Waals surface area contributed by atoms with Gasteiger partial charge in [0, 0.05) is 12.2 Å². The second-order valence-corrected chi connectivity index (χ2v) is 4.31. The fourth-order valence-corrected chi connectivity index (χ4v) is 1.64. The van der Waals surface area contributed by atoms with E-state index in [4.69, 9.17) is 10.2 Å². The third-order valence-electron chi connectivity index (χ3n) is 2.75. The van der Waals surface area contributed by atoms with Gasteiger partial charge in [-0.3, -0.25) is 4.98 Å². The molecule has 0 aliphatic rings. The third kappa shape index (κ3) is 4.51. The summed E-state index contributed by atoms with van der Waals surface area (Å²) in [6, 6.07) is 3.65. The van der Waals surface area contributed by atoms with Gasteiger partial charge in [-0.1, -0.05) is 6.07 Å². The minimum Gasteiger partial charge on any atom is -0.480 e. The highest BCUT2D eigenvalue weighted by Gasteiger charge is 2.22. The molecule has 0 aliphatic carbocycles. The normalized spacial score (nSPS) is 11.8. The molecule has 110 valence electrons. The monoisotopic (exact) mass is 281 g/mol. The number of aliphatic hydroxyl groups excluding tert-OH is 1. The second-order valence-electron chi connectivity index (χ2n) is 4.31. The lowest BCUT2D eigenvalue weighted by atomic mass is 10.3. The Morgan fingerprint density at radius 3 is 2.65 bits per heavy atom. The number of aromatic nitrogens is 1. The minimum absolute atomic E-state index is 0.280. The number of carbonyl (C=O) groups excluding carboxylic acids is 1. The first-order chi connectivity index (χ1) is 9.47. The topological polar surface area (TPSA) is 103 Å². The molecule has 0 radical (unpaired) electrons. The molecule has 1 heterocycles. The van der Waals surface area contributed by atoms with Crippen LogP contribution in [0.5, 0.6) is 0 Å². The first kappa shape index (κ1) is 15.9. The number of aliphatic hydroxyl groups is 1. The first-order valence-electron chi connectivity index (χ1n) is 6.29. The lowest BCUT2D eigenvalue weighted by Gasteiger charge is -2.23. The Morgan fingerprint density at radius 2 is 2.15 bits per heavy atom. The molecule has 7 heteroatoms. The molecular formula is C13H19N3O4. The van der Waals surface area contributed by atoms with Gasteiger partial charge in [0.25, 0.3) is 0 Å². The van der Waals surface area contributed by atoms with Crippen LogP contribution in [0.3, 0.4) is 0 Å². The molecule has 0 aliphatic heterocycles. The zero-order valence-electron chi connectivity index (χ0n) is 11.5. The van der Waals surface area contributed by atoms with E-state index in [1.807, 2.05) is 19.1 Å². The lowest BCUT2D eigenvalue weighted by Crippen LogP contribution is -2.49. The number of carbonyl (C=O) groups is 2. The number of nitrogens with one attached hydrogen (secondary N) is 1. The van der Waals surface area contributed by atoms with Crippen LogP contribution in [-0.2, 0) is 11.3 Å². The molecule has 0 spiro atoms. The fraction of sp³-hybridized carbons (Fsp3) is 0.462. The summed E-state index contributed by atoms with van der Waals surface area (Å²) in [5.74, 6) is -1.27. The van der Waals surface area contributed by atoms with Gasteiger partial charge in [0.15, 0.2) is 6.04 Å². The molecule has 1 rings (SSSR count). The standard InChI is InChI=1S/C13H19N3O4/c1-3-16(7-10-6-4-5-9(2)14-10)13(20)15-11(8-17)12(18)19/h4-6,11,17H,3,7-8H2,1-2H3,(H,15,20)(H,18,19)/t11-/m0/s1. The summed E-state index contributed by atoms with van der Waals surface area (Å²) in [6.07, 6.45) is 0. The summed E-state index contributed by atoms with van der Waals surface area (Å²) in [4.78, 5) is 28.4. The van der Waals surface area contributed by atoms with Crippen LogP contribution in [-0.4, -0.2) is 51.3 Å². The van der Waals surface area contributed by atoms with Crippen LogP contribution in [0.15, 0.2) is 18.2 Å². The van der Waals surface area contributed by atoms with Gasteiger partial charge in [-0.2, -0.15) is 0 Å². The molecule has 7 nitrogen and oxygen atoms in total. The molecule has 2 amide bonds. The van der Waals surface area contributed by atoms with Crippen LogP contribution in [0.1, 0.15) is 18.3 Å². The van der Waals surface area contributed by atoms with Gasteiger partial charge in [-0.25, -0.2) is 9.59 Å². The highest BCUT2D eigenvalue weighted by molar-refractivity contribution is 5.82. The quantitative estimate of drug-likeness (QED) is 0.699. The maximum atomic E-state index is 11.9. The minimum atomic E-state index is -1.30. The van der Waals surface area contributed by atoms with Crippen molar-refractivity contribution in [3.05, 3.63) is 29.6 Å². The number of hydrogen-bond acceptors (Lipinski definition) is 4. The molecule has 0 unspecified atom stereocenters. The number of amides is 2. The summed E-state index contributed by atoms with van der Waals surface area (Å²) in [6.45, 7) is 3.67. The van der Waals surface area contributed by atoms with Crippen LogP contribution in [0.25, 0.3) is 0 Å². The van der Waals surface area contributed by atoms with Crippen molar-refractivity contribution < 1.29 is 19.8 Å². The van der Waals surface area contributed by atoms with Crippen LogP contribution < -0.4 is 5.32 Å². The molecule has 0 aromatic carbocycles. The lowest BCUT2D eigenvalue weighted by molar-refractivity contribution is -0.140.